The summed E-state index contributed by atoms with van der Waals surface area (Å²) in [5.41, 5.74) is 3.72. The Kier molecular flexibility index (Phi) is 2.49. The largest absolute Gasteiger partial charge is 0.372 e. The lowest BCUT2D eigenvalue weighted by Gasteiger charge is -2.17. The third-order valence-corrected chi connectivity index (χ3v) is 3.18. The van der Waals surface area contributed by atoms with Crippen LogP contribution in [0.15, 0.2) is 4.60 Å². The highest BCUT2D eigenvalue weighted by Gasteiger charge is 2.21. The summed E-state index contributed by atoms with van der Waals surface area (Å²) in [6.07, 6.45) is 0. The first-order valence-electron chi connectivity index (χ1n) is 4.54. The van der Waals surface area contributed by atoms with E-state index in [4.69, 9.17) is 4.74 Å². The van der Waals surface area contributed by atoms with E-state index in [1.54, 1.807) is 0 Å². The number of anilines is 1. The van der Waals surface area contributed by atoms with E-state index < -0.39 is 0 Å². The number of aromatic nitrogens is 1. The number of hydrogen-bond acceptors (Lipinski definition) is 3. The molecule has 1 aliphatic rings. The van der Waals surface area contributed by atoms with Gasteiger partial charge in [-0.1, -0.05) is 0 Å². The molecule has 0 saturated heterocycles. The van der Waals surface area contributed by atoms with Gasteiger partial charge >= 0.3 is 0 Å². The molecule has 3 nitrogen and oxygen atoms in total. The van der Waals surface area contributed by atoms with E-state index in [1.165, 1.54) is 16.7 Å². The number of pyridine rings is 1. The van der Waals surface area contributed by atoms with Crippen molar-refractivity contribution in [1.29, 1.82) is 0 Å². The Hall–Kier alpha value is -0.610. The topological polar surface area (TPSA) is 25.4 Å². The lowest BCUT2D eigenvalue weighted by atomic mass is 10.1. The molecule has 0 bridgehead atoms. The van der Waals surface area contributed by atoms with E-state index in [0.29, 0.717) is 13.2 Å². The van der Waals surface area contributed by atoms with Crippen LogP contribution in [0.1, 0.15) is 16.7 Å². The molecule has 1 aromatic rings. The second kappa shape index (κ2) is 3.51. The maximum atomic E-state index is 5.42. The van der Waals surface area contributed by atoms with E-state index in [9.17, 15) is 0 Å². The normalized spacial score (nSPS) is 14.3. The smallest absolute Gasteiger partial charge is 0.132 e. The minimum atomic E-state index is 0.678. The van der Waals surface area contributed by atoms with Gasteiger partial charge in [0.25, 0.3) is 0 Å². The van der Waals surface area contributed by atoms with Crippen molar-refractivity contribution in [2.45, 2.75) is 20.1 Å². The molecule has 0 amide bonds. The number of halogens is 1. The molecule has 1 aromatic heterocycles. The summed E-state index contributed by atoms with van der Waals surface area (Å²) in [6.45, 7) is 3.49. The molecule has 2 heterocycles. The van der Waals surface area contributed by atoms with Crippen molar-refractivity contribution in [2.24, 2.45) is 0 Å². The van der Waals surface area contributed by atoms with Gasteiger partial charge in [-0.3, -0.25) is 0 Å². The average molecular weight is 257 g/mol. The van der Waals surface area contributed by atoms with Crippen LogP contribution in [0, 0.1) is 6.92 Å². The van der Waals surface area contributed by atoms with Crippen molar-refractivity contribution in [3.05, 3.63) is 21.3 Å². The lowest BCUT2D eigenvalue weighted by Crippen LogP contribution is -2.14. The summed E-state index contributed by atoms with van der Waals surface area (Å²) >= 11 is 3.48. The zero-order valence-corrected chi connectivity index (χ0v) is 10.2. The second-order valence-electron chi connectivity index (χ2n) is 3.70. The highest BCUT2D eigenvalue weighted by molar-refractivity contribution is 9.10. The summed E-state index contributed by atoms with van der Waals surface area (Å²) in [5, 5.41) is 0. The van der Waals surface area contributed by atoms with Crippen LogP contribution in [-0.2, 0) is 18.0 Å². The maximum Gasteiger partial charge on any atom is 0.132 e. The van der Waals surface area contributed by atoms with Gasteiger partial charge < -0.3 is 9.64 Å². The van der Waals surface area contributed by atoms with Crippen LogP contribution in [0.2, 0.25) is 0 Å². The molecular weight excluding hydrogens is 244 g/mol. The number of hydrogen-bond donors (Lipinski definition) is 0. The molecule has 76 valence electrons. The first kappa shape index (κ1) is 9.93. The molecule has 1 aliphatic heterocycles. The Balaban J connectivity index is 2.62. The van der Waals surface area contributed by atoms with Crippen molar-refractivity contribution in [3.63, 3.8) is 0 Å². The van der Waals surface area contributed by atoms with Gasteiger partial charge in [-0.15, -0.1) is 0 Å². The fourth-order valence-corrected chi connectivity index (χ4v) is 2.28. The number of rotatable bonds is 1. The van der Waals surface area contributed by atoms with E-state index in [2.05, 4.69) is 27.8 Å². The molecule has 0 radical (unpaired) electrons. The first-order valence-corrected chi connectivity index (χ1v) is 5.33. The van der Waals surface area contributed by atoms with Crippen molar-refractivity contribution >= 4 is 21.7 Å². The Morgan fingerprint density at radius 3 is 2.57 bits per heavy atom. The zero-order chi connectivity index (χ0) is 10.3. The molecule has 0 aromatic carbocycles. The van der Waals surface area contributed by atoms with E-state index in [0.717, 1.165) is 10.4 Å². The van der Waals surface area contributed by atoms with Crippen molar-refractivity contribution in [1.82, 2.24) is 4.98 Å². The summed E-state index contributed by atoms with van der Waals surface area (Å²) in [6, 6.07) is 0. The van der Waals surface area contributed by atoms with Gasteiger partial charge in [0.15, 0.2) is 0 Å². The monoisotopic (exact) mass is 256 g/mol. The standard InChI is InChI=1S/C10H13BrN2O/c1-6-7-4-14-5-8(7)9(11)12-10(6)13(2)3/h4-5H2,1-3H3. The van der Waals surface area contributed by atoms with E-state index in [-0.39, 0.29) is 0 Å². The van der Waals surface area contributed by atoms with Crippen LogP contribution in [0.5, 0.6) is 0 Å². The van der Waals surface area contributed by atoms with Gasteiger partial charge in [0.05, 0.1) is 13.2 Å². The molecule has 0 N–H and O–H groups in total. The Morgan fingerprint density at radius 1 is 1.29 bits per heavy atom. The van der Waals surface area contributed by atoms with Gasteiger partial charge in [0.2, 0.25) is 0 Å². The highest BCUT2D eigenvalue weighted by atomic mass is 79.9. The van der Waals surface area contributed by atoms with Crippen molar-refractivity contribution in [2.75, 3.05) is 19.0 Å². The molecule has 0 spiro atoms. The SMILES string of the molecule is Cc1c(N(C)C)nc(Br)c2c1COC2. The molecule has 0 unspecified atom stereocenters. The average Bonchev–Trinajstić information content (AvgIpc) is 2.59. The predicted octanol–water partition coefficient (Wildman–Crippen LogP) is 2.25. The molecule has 0 saturated carbocycles. The molecule has 14 heavy (non-hydrogen) atoms. The molecule has 4 heteroatoms. The summed E-state index contributed by atoms with van der Waals surface area (Å²) in [5.74, 6) is 1.01. The number of nitrogens with zero attached hydrogens (tertiary/aromatic N) is 2. The Bertz CT molecular complexity index is 377. The summed E-state index contributed by atoms with van der Waals surface area (Å²) < 4.78 is 6.34. The van der Waals surface area contributed by atoms with Crippen LogP contribution < -0.4 is 4.90 Å². The quantitative estimate of drug-likeness (QED) is 0.721. The fourth-order valence-electron chi connectivity index (χ4n) is 1.76. The van der Waals surface area contributed by atoms with Crippen LogP contribution in [0.4, 0.5) is 5.82 Å². The van der Waals surface area contributed by atoms with E-state index >= 15 is 0 Å². The molecule has 0 aliphatic carbocycles. The first-order chi connectivity index (χ1) is 6.61. The summed E-state index contributed by atoms with van der Waals surface area (Å²) in [7, 11) is 4.01. The minimum absolute atomic E-state index is 0.678. The maximum absolute atomic E-state index is 5.42. The van der Waals surface area contributed by atoms with Crippen LogP contribution >= 0.6 is 15.9 Å². The fraction of sp³-hybridized carbons (Fsp3) is 0.500. The lowest BCUT2D eigenvalue weighted by molar-refractivity contribution is 0.134. The van der Waals surface area contributed by atoms with Gasteiger partial charge in [-0.25, -0.2) is 4.98 Å². The number of ether oxygens (including phenoxy) is 1. The van der Waals surface area contributed by atoms with Gasteiger partial charge in [0, 0.05) is 19.7 Å². The summed E-state index contributed by atoms with van der Waals surface area (Å²) in [4.78, 5) is 6.53. The predicted molar refractivity (Wildman–Crippen MR) is 59.5 cm³/mol. The van der Waals surface area contributed by atoms with Crippen LogP contribution in [0.3, 0.4) is 0 Å². The molecule has 2 rings (SSSR count). The molecular formula is C10H13BrN2O. The van der Waals surface area contributed by atoms with Gasteiger partial charge in [-0.05, 0) is 34.0 Å². The third-order valence-electron chi connectivity index (χ3n) is 2.52. The van der Waals surface area contributed by atoms with Crippen molar-refractivity contribution in [3.8, 4) is 0 Å². The minimum Gasteiger partial charge on any atom is -0.372 e. The van der Waals surface area contributed by atoms with Gasteiger partial charge in [-0.2, -0.15) is 0 Å². The van der Waals surface area contributed by atoms with Crippen LogP contribution in [-0.4, -0.2) is 19.1 Å². The van der Waals surface area contributed by atoms with Crippen LogP contribution in [0.25, 0.3) is 0 Å². The zero-order valence-electron chi connectivity index (χ0n) is 8.59. The van der Waals surface area contributed by atoms with E-state index in [1.807, 2.05) is 19.0 Å². The molecule has 0 fully saturated rings. The Labute approximate surface area is 92.2 Å². The third kappa shape index (κ3) is 1.42. The Morgan fingerprint density at radius 2 is 1.93 bits per heavy atom. The van der Waals surface area contributed by atoms with Crippen molar-refractivity contribution < 1.29 is 4.74 Å². The second-order valence-corrected chi connectivity index (χ2v) is 4.45. The highest BCUT2D eigenvalue weighted by Crippen LogP contribution is 2.33. The number of fused-ring (bicyclic) bond motifs is 1. The molecule has 0 atom stereocenters. The van der Waals surface area contributed by atoms with Gasteiger partial charge in [0.1, 0.15) is 10.4 Å².